The van der Waals surface area contributed by atoms with Gasteiger partial charge < -0.3 is 0 Å². The summed E-state index contributed by atoms with van der Waals surface area (Å²) in [6.45, 7) is 15.4. The van der Waals surface area contributed by atoms with Crippen LogP contribution in [0.5, 0.6) is 0 Å². The summed E-state index contributed by atoms with van der Waals surface area (Å²) in [5.41, 5.74) is 1.20. The van der Waals surface area contributed by atoms with Crippen molar-refractivity contribution in [3.63, 3.8) is 0 Å². The summed E-state index contributed by atoms with van der Waals surface area (Å²) < 4.78 is 1.99. The lowest BCUT2D eigenvalue weighted by Crippen LogP contribution is -2.40. The van der Waals surface area contributed by atoms with Gasteiger partial charge in [0.25, 0.3) is 0 Å². The quantitative estimate of drug-likeness (QED) is 0.749. The Morgan fingerprint density at radius 2 is 1.67 bits per heavy atom. The van der Waals surface area contributed by atoms with E-state index in [-0.39, 0.29) is 11.0 Å². The molecule has 0 radical (unpaired) electrons. The van der Waals surface area contributed by atoms with Crippen LogP contribution in [0.3, 0.4) is 0 Å². The minimum atomic E-state index is -0.0207. The van der Waals surface area contributed by atoms with Gasteiger partial charge in [-0.3, -0.25) is 0 Å². The maximum atomic E-state index is 4.24. The standard InChI is InChI=1S/C12H23N3/c1-9(2)10-8-15(14-13-10)12(6,7)11(3,4)5/h8-9H,1-7H3. The van der Waals surface area contributed by atoms with Crippen molar-refractivity contribution in [2.24, 2.45) is 5.41 Å². The molecule has 1 aromatic rings. The van der Waals surface area contributed by atoms with Crippen LogP contribution in [0, 0.1) is 5.41 Å². The average Bonchev–Trinajstić information content (AvgIpc) is 2.49. The number of rotatable bonds is 2. The molecule has 1 rings (SSSR count). The van der Waals surface area contributed by atoms with Gasteiger partial charge in [0.2, 0.25) is 0 Å². The molecule has 0 aromatic carbocycles. The zero-order valence-electron chi connectivity index (χ0n) is 11.0. The summed E-state index contributed by atoms with van der Waals surface area (Å²) >= 11 is 0. The fourth-order valence-electron chi connectivity index (χ4n) is 1.16. The molecule has 0 fully saturated rings. The van der Waals surface area contributed by atoms with Crippen LogP contribution >= 0.6 is 0 Å². The SMILES string of the molecule is CC(C)c1cn(C(C)(C)C(C)(C)C)nn1. The molecule has 0 unspecified atom stereocenters. The van der Waals surface area contributed by atoms with Crippen LogP contribution in [0.2, 0.25) is 0 Å². The largest absolute Gasteiger partial charge is 0.246 e. The summed E-state index contributed by atoms with van der Waals surface area (Å²) in [5.74, 6) is 0.439. The van der Waals surface area contributed by atoms with Crippen LogP contribution in [0.4, 0.5) is 0 Å². The molecule has 0 N–H and O–H groups in total. The monoisotopic (exact) mass is 209 g/mol. The van der Waals surface area contributed by atoms with Gasteiger partial charge in [0.1, 0.15) is 0 Å². The van der Waals surface area contributed by atoms with E-state index in [9.17, 15) is 0 Å². The van der Waals surface area contributed by atoms with Crippen LogP contribution in [0.15, 0.2) is 6.20 Å². The molecule has 15 heavy (non-hydrogen) atoms. The van der Waals surface area contributed by atoms with Gasteiger partial charge in [0.15, 0.2) is 0 Å². The summed E-state index contributed by atoms with van der Waals surface area (Å²) in [6, 6.07) is 0. The zero-order chi connectivity index (χ0) is 11.9. The Morgan fingerprint density at radius 3 is 2.00 bits per heavy atom. The van der Waals surface area contributed by atoms with Gasteiger partial charge in [0, 0.05) is 6.20 Å². The number of nitrogens with zero attached hydrogens (tertiary/aromatic N) is 3. The van der Waals surface area contributed by atoms with E-state index in [0.29, 0.717) is 5.92 Å². The highest BCUT2D eigenvalue weighted by Gasteiger charge is 2.35. The van der Waals surface area contributed by atoms with E-state index in [1.807, 2.05) is 4.68 Å². The molecule has 0 amide bonds. The summed E-state index contributed by atoms with van der Waals surface area (Å²) in [4.78, 5) is 0. The second-order valence-electron chi connectivity index (χ2n) is 6.05. The third kappa shape index (κ3) is 2.21. The molecule has 3 nitrogen and oxygen atoms in total. The van der Waals surface area contributed by atoms with E-state index >= 15 is 0 Å². The molecule has 0 aliphatic heterocycles. The van der Waals surface area contributed by atoms with Crippen molar-refractivity contribution in [3.05, 3.63) is 11.9 Å². The molecule has 0 saturated heterocycles. The van der Waals surface area contributed by atoms with Crippen molar-refractivity contribution >= 4 is 0 Å². The Hall–Kier alpha value is -0.860. The van der Waals surface area contributed by atoms with E-state index in [4.69, 9.17) is 0 Å². The van der Waals surface area contributed by atoms with Crippen LogP contribution in [-0.2, 0) is 5.54 Å². The first-order valence-corrected chi connectivity index (χ1v) is 5.59. The second kappa shape index (κ2) is 3.62. The smallest absolute Gasteiger partial charge is 0.0852 e. The molecular formula is C12H23N3. The van der Waals surface area contributed by atoms with Crippen molar-refractivity contribution in [2.75, 3.05) is 0 Å². The molecule has 0 spiro atoms. The molecule has 0 saturated carbocycles. The number of aromatic nitrogens is 3. The molecule has 1 heterocycles. The topological polar surface area (TPSA) is 30.7 Å². The highest BCUT2D eigenvalue weighted by atomic mass is 15.4. The number of hydrogen-bond acceptors (Lipinski definition) is 2. The van der Waals surface area contributed by atoms with Gasteiger partial charge in [-0.1, -0.05) is 39.8 Å². The Morgan fingerprint density at radius 1 is 1.13 bits per heavy atom. The lowest BCUT2D eigenvalue weighted by Gasteiger charge is -2.38. The van der Waals surface area contributed by atoms with Crippen molar-refractivity contribution in [2.45, 2.75) is 59.9 Å². The van der Waals surface area contributed by atoms with Gasteiger partial charge in [0.05, 0.1) is 11.2 Å². The molecule has 0 bridgehead atoms. The zero-order valence-corrected chi connectivity index (χ0v) is 11.0. The Bertz CT molecular complexity index is 329. The van der Waals surface area contributed by atoms with E-state index in [1.165, 1.54) is 0 Å². The first kappa shape index (κ1) is 12.2. The summed E-state index contributed by atoms with van der Waals surface area (Å²) in [5, 5.41) is 8.45. The second-order valence-corrected chi connectivity index (χ2v) is 6.05. The first-order chi connectivity index (χ1) is 6.66. The van der Waals surface area contributed by atoms with Crippen LogP contribution in [0.1, 0.15) is 60.1 Å². The van der Waals surface area contributed by atoms with E-state index in [1.54, 1.807) is 0 Å². The van der Waals surface area contributed by atoms with E-state index in [0.717, 1.165) is 5.69 Å². The maximum absolute atomic E-state index is 4.24. The highest BCUT2D eigenvalue weighted by molar-refractivity contribution is 5.01. The average molecular weight is 209 g/mol. The Balaban J connectivity index is 3.06. The van der Waals surface area contributed by atoms with Gasteiger partial charge >= 0.3 is 0 Å². The highest BCUT2D eigenvalue weighted by Crippen LogP contribution is 2.35. The Kier molecular flexibility index (Phi) is 2.94. The van der Waals surface area contributed by atoms with Gasteiger partial charge in [-0.25, -0.2) is 4.68 Å². The minimum Gasteiger partial charge on any atom is -0.246 e. The van der Waals surface area contributed by atoms with Gasteiger partial charge in [-0.05, 0) is 25.2 Å². The predicted octanol–water partition coefficient (Wildman–Crippen LogP) is 3.18. The molecule has 86 valence electrons. The first-order valence-electron chi connectivity index (χ1n) is 5.59. The molecular weight excluding hydrogens is 186 g/mol. The summed E-state index contributed by atoms with van der Waals surface area (Å²) in [6.07, 6.45) is 2.07. The Labute approximate surface area is 92.9 Å². The van der Waals surface area contributed by atoms with Crippen molar-refractivity contribution in [1.29, 1.82) is 0 Å². The third-order valence-corrected chi connectivity index (χ3v) is 3.51. The maximum Gasteiger partial charge on any atom is 0.0852 e. The normalized spacial score (nSPS) is 13.6. The van der Waals surface area contributed by atoms with Crippen LogP contribution in [0.25, 0.3) is 0 Å². The van der Waals surface area contributed by atoms with Crippen LogP contribution < -0.4 is 0 Å². The molecule has 3 heteroatoms. The molecule has 0 aliphatic carbocycles. The lowest BCUT2D eigenvalue weighted by molar-refractivity contribution is 0.121. The third-order valence-electron chi connectivity index (χ3n) is 3.51. The molecule has 0 aliphatic rings. The van der Waals surface area contributed by atoms with Crippen molar-refractivity contribution < 1.29 is 0 Å². The van der Waals surface area contributed by atoms with Crippen molar-refractivity contribution in [3.8, 4) is 0 Å². The minimum absolute atomic E-state index is 0.0207. The van der Waals surface area contributed by atoms with E-state index < -0.39 is 0 Å². The number of hydrogen-bond donors (Lipinski definition) is 0. The predicted molar refractivity (Wildman–Crippen MR) is 62.9 cm³/mol. The molecule has 0 atom stereocenters. The van der Waals surface area contributed by atoms with Gasteiger partial charge in [-0.15, -0.1) is 5.10 Å². The van der Waals surface area contributed by atoms with Gasteiger partial charge in [-0.2, -0.15) is 0 Å². The van der Waals surface area contributed by atoms with E-state index in [2.05, 4.69) is 65.0 Å². The van der Waals surface area contributed by atoms with Crippen molar-refractivity contribution in [1.82, 2.24) is 15.0 Å². The fraction of sp³-hybridized carbons (Fsp3) is 0.833. The molecule has 1 aromatic heterocycles. The fourth-order valence-corrected chi connectivity index (χ4v) is 1.16. The van der Waals surface area contributed by atoms with Crippen LogP contribution in [-0.4, -0.2) is 15.0 Å². The lowest BCUT2D eigenvalue weighted by atomic mass is 9.76. The summed E-state index contributed by atoms with van der Waals surface area (Å²) in [7, 11) is 0.